The van der Waals surface area contributed by atoms with Crippen LogP contribution in [0.1, 0.15) is 11.1 Å². The number of hydrogen-bond donors (Lipinski definition) is 0. The number of aromatic nitrogens is 1. The number of sulfonamides is 1. The summed E-state index contributed by atoms with van der Waals surface area (Å²) < 4.78 is 32.5. The zero-order valence-corrected chi connectivity index (χ0v) is 14.4. The molecule has 2 aromatic carbocycles. The molecular formula is C19H16N2O3S. The third kappa shape index (κ3) is 2.85. The van der Waals surface area contributed by atoms with Crippen molar-refractivity contribution in [1.29, 1.82) is 0 Å². The average Bonchev–Trinajstić information content (AvgIpc) is 2.89. The number of fused-ring (bicyclic) bond motifs is 1. The van der Waals surface area contributed by atoms with Gasteiger partial charge in [-0.25, -0.2) is 12.7 Å². The molecule has 0 saturated carbocycles. The molecule has 0 amide bonds. The number of ether oxygens (including phenoxy) is 1. The smallest absolute Gasteiger partial charge is 0.266 e. The summed E-state index contributed by atoms with van der Waals surface area (Å²) >= 11 is 0. The standard InChI is InChI=1S/C19H16N2O3S/c1-14-9-11-16(12-10-14)24-19-8-4-7-18(20-19)21-13-15-5-2-3-6-17(15)25(21,22)23/h2-12H,13H2,1H3. The van der Waals surface area contributed by atoms with Crippen molar-refractivity contribution in [1.82, 2.24) is 4.98 Å². The zero-order chi connectivity index (χ0) is 17.4. The van der Waals surface area contributed by atoms with Gasteiger partial charge in [0.25, 0.3) is 10.0 Å². The molecule has 0 N–H and O–H groups in total. The summed E-state index contributed by atoms with van der Waals surface area (Å²) in [6.45, 7) is 2.28. The first-order chi connectivity index (χ1) is 12.0. The van der Waals surface area contributed by atoms with E-state index in [1.165, 1.54) is 4.31 Å². The van der Waals surface area contributed by atoms with Crippen LogP contribution in [-0.4, -0.2) is 13.4 Å². The molecule has 126 valence electrons. The van der Waals surface area contributed by atoms with E-state index in [9.17, 15) is 8.42 Å². The van der Waals surface area contributed by atoms with E-state index in [-0.39, 0.29) is 6.54 Å². The lowest BCUT2D eigenvalue weighted by Crippen LogP contribution is -2.24. The molecule has 0 spiro atoms. The number of nitrogens with zero attached hydrogens (tertiary/aromatic N) is 2. The van der Waals surface area contributed by atoms with Crippen LogP contribution in [0.3, 0.4) is 0 Å². The lowest BCUT2D eigenvalue weighted by atomic mass is 10.2. The summed E-state index contributed by atoms with van der Waals surface area (Å²) in [6.07, 6.45) is 0. The van der Waals surface area contributed by atoms with Crippen molar-refractivity contribution in [2.24, 2.45) is 0 Å². The van der Waals surface area contributed by atoms with Crippen molar-refractivity contribution < 1.29 is 13.2 Å². The van der Waals surface area contributed by atoms with Crippen molar-refractivity contribution in [2.45, 2.75) is 18.4 Å². The van der Waals surface area contributed by atoms with Gasteiger partial charge >= 0.3 is 0 Å². The molecule has 2 heterocycles. The van der Waals surface area contributed by atoms with Gasteiger partial charge < -0.3 is 4.74 Å². The van der Waals surface area contributed by atoms with Crippen LogP contribution in [0.4, 0.5) is 5.82 Å². The van der Waals surface area contributed by atoms with E-state index >= 15 is 0 Å². The van der Waals surface area contributed by atoms with E-state index in [0.717, 1.165) is 11.1 Å². The SMILES string of the molecule is Cc1ccc(Oc2cccc(N3Cc4ccccc4S3(=O)=O)n2)cc1. The van der Waals surface area contributed by atoms with Crippen molar-refractivity contribution in [3.63, 3.8) is 0 Å². The van der Waals surface area contributed by atoms with E-state index in [2.05, 4.69) is 4.98 Å². The van der Waals surface area contributed by atoms with E-state index in [0.29, 0.717) is 22.3 Å². The van der Waals surface area contributed by atoms with Crippen LogP contribution in [0.25, 0.3) is 0 Å². The molecule has 5 nitrogen and oxygen atoms in total. The van der Waals surface area contributed by atoms with E-state index in [4.69, 9.17) is 4.74 Å². The maximum absolute atomic E-state index is 12.7. The summed E-state index contributed by atoms with van der Waals surface area (Å²) in [5, 5.41) is 0. The first kappa shape index (κ1) is 15.7. The van der Waals surface area contributed by atoms with Crippen molar-refractivity contribution in [3.8, 4) is 11.6 Å². The number of aryl methyl sites for hydroxylation is 1. The number of pyridine rings is 1. The number of rotatable bonds is 3. The monoisotopic (exact) mass is 352 g/mol. The second kappa shape index (κ2) is 5.89. The summed E-state index contributed by atoms with van der Waals surface area (Å²) in [7, 11) is -3.58. The Kier molecular flexibility index (Phi) is 3.69. The van der Waals surface area contributed by atoms with Gasteiger partial charge in [0.05, 0.1) is 11.4 Å². The first-order valence-corrected chi connectivity index (χ1v) is 9.30. The van der Waals surface area contributed by atoms with Gasteiger partial charge in [0.1, 0.15) is 11.6 Å². The molecular weight excluding hydrogens is 336 g/mol. The Labute approximate surface area is 146 Å². The van der Waals surface area contributed by atoms with Crippen LogP contribution in [0, 0.1) is 6.92 Å². The van der Waals surface area contributed by atoms with Gasteiger partial charge in [-0.05, 0) is 36.8 Å². The Balaban J connectivity index is 1.65. The highest BCUT2D eigenvalue weighted by molar-refractivity contribution is 7.93. The fraction of sp³-hybridized carbons (Fsp3) is 0.105. The molecule has 1 aliphatic rings. The molecule has 0 atom stereocenters. The molecule has 4 rings (SSSR count). The number of anilines is 1. The van der Waals surface area contributed by atoms with E-state index in [1.807, 2.05) is 43.3 Å². The van der Waals surface area contributed by atoms with Crippen LogP contribution in [0.15, 0.2) is 71.6 Å². The summed E-state index contributed by atoms with van der Waals surface area (Å²) in [5.74, 6) is 1.36. The second-order valence-electron chi connectivity index (χ2n) is 5.87. The predicted molar refractivity (Wildman–Crippen MR) is 95.3 cm³/mol. The minimum Gasteiger partial charge on any atom is -0.439 e. The van der Waals surface area contributed by atoms with Crippen LogP contribution in [0.2, 0.25) is 0 Å². The fourth-order valence-electron chi connectivity index (χ4n) is 2.78. The quantitative estimate of drug-likeness (QED) is 0.717. The molecule has 0 bridgehead atoms. The van der Waals surface area contributed by atoms with Crippen molar-refractivity contribution in [3.05, 3.63) is 77.9 Å². The van der Waals surface area contributed by atoms with Gasteiger partial charge in [0, 0.05) is 6.07 Å². The van der Waals surface area contributed by atoms with Gasteiger partial charge in [-0.15, -0.1) is 0 Å². The normalized spacial score (nSPS) is 15.0. The summed E-state index contributed by atoms with van der Waals surface area (Å²) in [4.78, 5) is 4.71. The molecule has 3 aromatic rings. The Bertz CT molecular complexity index is 1030. The van der Waals surface area contributed by atoms with Gasteiger partial charge in [0.2, 0.25) is 5.88 Å². The topological polar surface area (TPSA) is 59.5 Å². The molecule has 0 saturated heterocycles. The predicted octanol–water partition coefficient (Wildman–Crippen LogP) is 3.89. The third-order valence-electron chi connectivity index (χ3n) is 4.06. The number of benzene rings is 2. The largest absolute Gasteiger partial charge is 0.439 e. The zero-order valence-electron chi connectivity index (χ0n) is 13.6. The molecule has 0 unspecified atom stereocenters. The molecule has 0 fully saturated rings. The Morgan fingerprint density at radius 2 is 1.72 bits per heavy atom. The molecule has 1 aliphatic heterocycles. The summed E-state index contributed by atoms with van der Waals surface area (Å²) in [6, 6.07) is 19.7. The molecule has 6 heteroatoms. The lowest BCUT2D eigenvalue weighted by molar-refractivity contribution is 0.463. The Morgan fingerprint density at radius 3 is 2.48 bits per heavy atom. The van der Waals surface area contributed by atoms with E-state index < -0.39 is 10.0 Å². The maximum Gasteiger partial charge on any atom is 0.266 e. The van der Waals surface area contributed by atoms with Gasteiger partial charge in [-0.3, -0.25) is 0 Å². The van der Waals surface area contributed by atoms with Gasteiger partial charge in [0.15, 0.2) is 0 Å². The Hall–Kier alpha value is -2.86. The molecule has 1 aromatic heterocycles. The second-order valence-corrected chi connectivity index (χ2v) is 7.70. The minimum absolute atomic E-state index is 0.277. The average molecular weight is 352 g/mol. The molecule has 0 radical (unpaired) electrons. The summed E-state index contributed by atoms with van der Waals surface area (Å²) in [5.41, 5.74) is 1.91. The number of hydrogen-bond acceptors (Lipinski definition) is 4. The van der Waals surface area contributed by atoms with E-state index in [1.54, 1.807) is 30.3 Å². The maximum atomic E-state index is 12.7. The van der Waals surface area contributed by atoms with Gasteiger partial charge in [-0.2, -0.15) is 4.98 Å². The van der Waals surface area contributed by atoms with Crippen molar-refractivity contribution in [2.75, 3.05) is 4.31 Å². The van der Waals surface area contributed by atoms with Crippen LogP contribution in [-0.2, 0) is 16.6 Å². The van der Waals surface area contributed by atoms with Crippen LogP contribution < -0.4 is 9.04 Å². The first-order valence-electron chi connectivity index (χ1n) is 7.86. The molecule has 25 heavy (non-hydrogen) atoms. The Morgan fingerprint density at radius 1 is 0.960 bits per heavy atom. The molecule has 0 aliphatic carbocycles. The minimum atomic E-state index is -3.58. The van der Waals surface area contributed by atoms with Crippen molar-refractivity contribution >= 4 is 15.8 Å². The lowest BCUT2D eigenvalue weighted by Gasteiger charge is -2.16. The van der Waals surface area contributed by atoms with Crippen LogP contribution in [0.5, 0.6) is 11.6 Å². The highest BCUT2D eigenvalue weighted by atomic mass is 32.2. The third-order valence-corrected chi connectivity index (χ3v) is 5.91. The van der Waals surface area contributed by atoms with Crippen LogP contribution >= 0.6 is 0 Å². The highest BCUT2D eigenvalue weighted by Crippen LogP contribution is 2.34. The highest BCUT2D eigenvalue weighted by Gasteiger charge is 2.35. The fourth-order valence-corrected chi connectivity index (χ4v) is 4.38. The van der Waals surface area contributed by atoms with Gasteiger partial charge in [-0.1, -0.05) is 42.0 Å².